The summed E-state index contributed by atoms with van der Waals surface area (Å²) in [7, 11) is 3.88. The number of aryl methyl sites for hydroxylation is 2. The van der Waals surface area contributed by atoms with Gasteiger partial charge in [0, 0.05) is 24.6 Å². The first-order chi connectivity index (χ1) is 7.60. The van der Waals surface area contributed by atoms with E-state index in [0.29, 0.717) is 6.04 Å². The summed E-state index contributed by atoms with van der Waals surface area (Å²) in [4.78, 5) is 8.27. The Morgan fingerprint density at radius 1 is 1.50 bits per heavy atom. The summed E-state index contributed by atoms with van der Waals surface area (Å²) in [6.07, 6.45) is 1.03. The molecular weight excluding hydrogens is 220 g/mol. The smallest absolute Gasteiger partial charge is 0.0928 e. The maximum absolute atomic E-state index is 5.10. The molecule has 0 bridgehead atoms. The number of hydrogen-bond acceptors (Lipinski definition) is 4. The van der Waals surface area contributed by atoms with Crippen LogP contribution in [0.3, 0.4) is 0 Å². The zero-order valence-corrected chi connectivity index (χ0v) is 11.7. The standard InChI is InChI=1S/C12H22N2OS/c1-6-11-13-9(2)12(16-11)10(3)14(4)7-8-15-5/h10H,6-8H2,1-5H3/t10-/m1/s1. The summed E-state index contributed by atoms with van der Waals surface area (Å²) in [6, 6.07) is 0.424. The van der Waals surface area contributed by atoms with Crippen molar-refractivity contribution in [2.75, 3.05) is 27.3 Å². The van der Waals surface area contributed by atoms with Gasteiger partial charge in [-0.3, -0.25) is 4.90 Å². The molecule has 1 aromatic rings. The van der Waals surface area contributed by atoms with Crippen molar-refractivity contribution in [3.8, 4) is 0 Å². The summed E-state index contributed by atoms with van der Waals surface area (Å²) in [5.74, 6) is 0. The number of ether oxygens (including phenoxy) is 1. The maximum Gasteiger partial charge on any atom is 0.0928 e. The van der Waals surface area contributed by atoms with Gasteiger partial charge in [0.2, 0.25) is 0 Å². The SMILES string of the molecule is CCc1nc(C)c([C@@H](C)N(C)CCOC)s1. The first-order valence-electron chi connectivity index (χ1n) is 5.75. The highest BCUT2D eigenvalue weighted by Crippen LogP contribution is 2.28. The minimum atomic E-state index is 0.424. The van der Waals surface area contributed by atoms with Crippen LogP contribution in [0, 0.1) is 6.92 Å². The topological polar surface area (TPSA) is 25.4 Å². The molecule has 4 heteroatoms. The first-order valence-corrected chi connectivity index (χ1v) is 6.57. The fraction of sp³-hybridized carbons (Fsp3) is 0.750. The summed E-state index contributed by atoms with van der Waals surface area (Å²) in [5.41, 5.74) is 1.18. The molecule has 0 fully saturated rings. The fourth-order valence-electron chi connectivity index (χ4n) is 1.63. The molecule has 1 heterocycles. The highest BCUT2D eigenvalue weighted by molar-refractivity contribution is 7.11. The van der Waals surface area contributed by atoms with Gasteiger partial charge in [0.15, 0.2) is 0 Å². The van der Waals surface area contributed by atoms with E-state index in [1.807, 2.05) is 11.3 Å². The monoisotopic (exact) mass is 242 g/mol. The Balaban J connectivity index is 2.70. The van der Waals surface area contributed by atoms with Crippen LogP contribution in [0.4, 0.5) is 0 Å². The van der Waals surface area contributed by atoms with Crippen molar-refractivity contribution in [2.45, 2.75) is 33.2 Å². The minimum Gasteiger partial charge on any atom is -0.383 e. The molecule has 0 unspecified atom stereocenters. The van der Waals surface area contributed by atoms with E-state index in [4.69, 9.17) is 4.74 Å². The molecule has 0 aliphatic rings. The number of aromatic nitrogens is 1. The van der Waals surface area contributed by atoms with Gasteiger partial charge >= 0.3 is 0 Å². The number of likely N-dealkylation sites (N-methyl/N-ethyl adjacent to an activating group) is 1. The van der Waals surface area contributed by atoms with E-state index in [9.17, 15) is 0 Å². The van der Waals surface area contributed by atoms with Gasteiger partial charge < -0.3 is 4.74 Å². The normalized spacial score (nSPS) is 13.4. The van der Waals surface area contributed by atoms with Crippen LogP contribution >= 0.6 is 11.3 Å². The number of rotatable bonds is 6. The second-order valence-electron chi connectivity index (χ2n) is 4.06. The van der Waals surface area contributed by atoms with Gasteiger partial charge in [-0.05, 0) is 27.3 Å². The Labute approximate surface area is 102 Å². The summed E-state index contributed by atoms with van der Waals surface area (Å²) in [5, 5.41) is 1.24. The van der Waals surface area contributed by atoms with Crippen LogP contribution < -0.4 is 0 Å². The Kier molecular flexibility index (Phi) is 5.38. The fourth-order valence-corrected chi connectivity index (χ4v) is 2.76. The van der Waals surface area contributed by atoms with E-state index in [1.54, 1.807) is 7.11 Å². The van der Waals surface area contributed by atoms with E-state index >= 15 is 0 Å². The van der Waals surface area contributed by atoms with Gasteiger partial charge in [-0.1, -0.05) is 6.92 Å². The average molecular weight is 242 g/mol. The number of methoxy groups -OCH3 is 1. The third-order valence-electron chi connectivity index (χ3n) is 2.87. The molecule has 0 saturated heterocycles. The van der Waals surface area contributed by atoms with Gasteiger partial charge in [0.1, 0.15) is 0 Å². The van der Waals surface area contributed by atoms with Crippen molar-refractivity contribution >= 4 is 11.3 Å². The molecule has 0 N–H and O–H groups in total. The molecule has 0 aliphatic heterocycles. The third kappa shape index (κ3) is 3.27. The lowest BCUT2D eigenvalue weighted by Gasteiger charge is -2.23. The zero-order valence-electron chi connectivity index (χ0n) is 10.9. The van der Waals surface area contributed by atoms with E-state index in [0.717, 1.165) is 19.6 Å². The molecule has 16 heavy (non-hydrogen) atoms. The highest BCUT2D eigenvalue weighted by atomic mass is 32.1. The number of thiazole rings is 1. The van der Waals surface area contributed by atoms with Crippen LogP contribution in [0.15, 0.2) is 0 Å². The molecule has 0 aliphatic carbocycles. The van der Waals surface area contributed by atoms with Crippen molar-refractivity contribution < 1.29 is 4.74 Å². The van der Waals surface area contributed by atoms with Gasteiger partial charge in [-0.25, -0.2) is 4.98 Å². The number of hydrogen-bond donors (Lipinski definition) is 0. The third-order valence-corrected chi connectivity index (χ3v) is 4.34. The predicted molar refractivity (Wildman–Crippen MR) is 69.2 cm³/mol. The molecule has 92 valence electrons. The Morgan fingerprint density at radius 3 is 2.69 bits per heavy atom. The second-order valence-corrected chi connectivity index (χ2v) is 5.18. The molecular formula is C12H22N2OS. The predicted octanol–water partition coefficient (Wildman–Crippen LogP) is 2.65. The van der Waals surface area contributed by atoms with Crippen LogP contribution in [-0.2, 0) is 11.2 Å². The van der Waals surface area contributed by atoms with Crippen LogP contribution in [0.5, 0.6) is 0 Å². The zero-order chi connectivity index (χ0) is 12.1. The Bertz CT molecular complexity index is 325. The van der Waals surface area contributed by atoms with Crippen molar-refractivity contribution in [1.82, 2.24) is 9.88 Å². The Morgan fingerprint density at radius 2 is 2.19 bits per heavy atom. The molecule has 0 saturated carbocycles. The van der Waals surface area contributed by atoms with Crippen molar-refractivity contribution in [3.63, 3.8) is 0 Å². The van der Waals surface area contributed by atoms with Crippen molar-refractivity contribution in [1.29, 1.82) is 0 Å². The minimum absolute atomic E-state index is 0.424. The molecule has 1 aromatic heterocycles. The second kappa shape index (κ2) is 6.33. The summed E-state index contributed by atoms with van der Waals surface area (Å²) >= 11 is 1.84. The lowest BCUT2D eigenvalue weighted by Crippen LogP contribution is -2.26. The van der Waals surface area contributed by atoms with E-state index < -0.39 is 0 Å². The van der Waals surface area contributed by atoms with Gasteiger partial charge in [0.05, 0.1) is 17.3 Å². The lowest BCUT2D eigenvalue weighted by molar-refractivity contribution is 0.144. The first kappa shape index (κ1) is 13.6. The summed E-state index contributed by atoms with van der Waals surface area (Å²) in [6.45, 7) is 8.22. The molecule has 3 nitrogen and oxygen atoms in total. The van der Waals surface area contributed by atoms with Crippen LogP contribution in [-0.4, -0.2) is 37.2 Å². The van der Waals surface area contributed by atoms with E-state index in [2.05, 4.69) is 37.7 Å². The molecule has 0 spiro atoms. The highest BCUT2D eigenvalue weighted by Gasteiger charge is 2.17. The van der Waals surface area contributed by atoms with Crippen molar-refractivity contribution in [2.24, 2.45) is 0 Å². The lowest BCUT2D eigenvalue weighted by atomic mass is 10.2. The van der Waals surface area contributed by atoms with Crippen LogP contribution in [0.25, 0.3) is 0 Å². The van der Waals surface area contributed by atoms with Crippen LogP contribution in [0.1, 0.15) is 35.5 Å². The molecule has 0 amide bonds. The maximum atomic E-state index is 5.10. The summed E-state index contributed by atoms with van der Waals surface area (Å²) < 4.78 is 5.10. The molecule has 1 rings (SSSR count). The van der Waals surface area contributed by atoms with Crippen molar-refractivity contribution in [3.05, 3.63) is 15.6 Å². The van der Waals surface area contributed by atoms with E-state index in [1.165, 1.54) is 15.6 Å². The molecule has 0 radical (unpaired) electrons. The average Bonchev–Trinajstić information content (AvgIpc) is 2.66. The van der Waals surface area contributed by atoms with Gasteiger partial charge in [-0.2, -0.15) is 0 Å². The van der Waals surface area contributed by atoms with E-state index in [-0.39, 0.29) is 0 Å². The van der Waals surface area contributed by atoms with Gasteiger partial charge in [0.25, 0.3) is 0 Å². The largest absolute Gasteiger partial charge is 0.383 e. The quantitative estimate of drug-likeness (QED) is 0.767. The molecule has 0 aromatic carbocycles. The molecule has 1 atom stereocenters. The number of nitrogens with zero attached hydrogens (tertiary/aromatic N) is 2. The Hall–Kier alpha value is -0.450. The van der Waals surface area contributed by atoms with Crippen LogP contribution in [0.2, 0.25) is 0 Å². The van der Waals surface area contributed by atoms with Gasteiger partial charge in [-0.15, -0.1) is 11.3 Å².